The number of nitrogens with two attached hydrogens (primary N) is 1. The fraction of sp³-hybridized carbons (Fsp3) is 0.571. The van der Waals surface area contributed by atoms with E-state index in [9.17, 15) is 4.79 Å². The van der Waals surface area contributed by atoms with Crippen molar-refractivity contribution in [3.05, 3.63) is 18.3 Å². The fourth-order valence-corrected chi connectivity index (χ4v) is 2.61. The molecule has 1 unspecified atom stereocenters. The second kappa shape index (κ2) is 5.38. The highest BCUT2D eigenvalue weighted by atomic mass is 16.5. The normalized spacial score (nSPS) is 25.9. The van der Waals surface area contributed by atoms with Crippen molar-refractivity contribution < 1.29 is 9.53 Å². The van der Waals surface area contributed by atoms with Crippen LogP contribution in [0.2, 0.25) is 0 Å². The molecule has 2 aliphatic rings. The first-order valence-electron chi connectivity index (χ1n) is 7.06. The van der Waals surface area contributed by atoms with Gasteiger partial charge in [-0.15, -0.1) is 0 Å². The molecule has 0 aliphatic carbocycles. The molecule has 0 radical (unpaired) electrons. The summed E-state index contributed by atoms with van der Waals surface area (Å²) in [7, 11) is 0. The van der Waals surface area contributed by atoms with Crippen LogP contribution in [0.5, 0.6) is 0 Å². The van der Waals surface area contributed by atoms with Gasteiger partial charge in [-0.3, -0.25) is 4.79 Å². The molecule has 3 heterocycles. The molecule has 1 amide bonds. The summed E-state index contributed by atoms with van der Waals surface area (Å²) in [5.41, 5.74) is 5.78. The molecule has 6 heteroatoms. The molecule has 3 rings (SSSR count). The Bertz CT molecular complexity index is 476. The Balaban J connectivity index is 1.64. The first-order chi connectivity index (χ1) is 9.67. The van der Waals surface area contributed by atoms with Gasteiger partial charge in [0.1, 0.15) is 11.4 Å². The highest BCUT2D eigenvalue weighted by Gasteiger charge is 2.38. The summed E-state index contributed by atoms with van der Waals surface area (Å²) in [6, 6.07) is 3.81. The van der Waals surface area contributed by atoms with Crippen LogP contribution in [0.4, 0.5) is 11.5 Å². The number of amides is 1. The van der Waals surface area contributed by atoms with Crippen molar-refractivity contribution in [1.29, 1.82) is 0 Å². The molecule has 3 N–H and O–H groups in total. The summed E-state index contributed by atoms with van der Waals surface area (Å²) in [5.74, 6) is 0.762. The number of ether oxygens (including phenoxy) is 1. The molecule has 0 spiro atoms. The maximum absolute atomic E-state index is 12.1. The summed E-state index contributed by atoms with van der Waals surface area (Å²) >= 11 is 0. The minimum absolute atomic E-state index is 0.203. The van der Waals surface area contributed by atoms with E-state index < -0.39 is 5.54 Å². The average molecular weight is 276 g/mol. The smallest absolute Gasteiger partial charge is 0.246 e. The molecule has 1 aromatic rings. The standard InChI is InChI=1S/C14H20N4O2/c15-14(5-8-20-10-14)13(19)17-11-3-4-12(16-9-11)18-6-1-2-7-18/h3-4,9H,1-2,5-8,10,15H2,(H,17,19). The van der Waals surface area contributed by atoms with E-state index in [1.54, 1.807) is 6.20 Å². The molecule has 0 saturated carbocycles. The molecule has 2 fully saturated rings. The average Bonchev–Trinajstić information content (AvgIpc) is 3.11. The third kappa shape index (κ3) is 2.62. The number of aromatic nitrogens is 1. The minimum atomic E-state index is -0.909. The molecule has 20 heavy (non-hydrogen) atoms. The van der Waals surface area contributed by atoms with Crippen LogP contribution in [0.15, 0.2) is 18.3 Å². The lowest BCUT2D eigenvalue weighted by molar-refractivity contribution is -0.121. The van der Waals surface area contributed by atoms with E-state index in [4.69, 9.17) is 10.5 Å². The van der Waals surface area contributed by atoms with Crippen molar-refractivity contribution >= 4 is 17.4 Å². The van der Waals surface area contributed by atoms with Crippen LogP contribution < -0.4 is 16.0 Å². The number of hydrogen-bond donors (Lipinski definition) is 2. The van der Waals surface area contributed by atoms with E-state index in [0.717, 1.165) is 18.9 Å². The Morgan fingerprint density at radius 3 is 2.80 bits per heavy atom. The van der Waals surface area contributed by atoms with E-state index >= 15 is 0 Å². The number of hydrogen-bond acceptors (Lipinski definition) is 5. The van der Waals surface area contributed by atoms with Gasteiger partial charge in [-0.25, -0.2) is 4.98 Å². The summed E-state index contributed by atoms with van der Waals surface area (Å²) < 4.78 is 5.20. The summed E-state index contributed by atoms with van der Waals surface area (Å²) in [6.07, 6.45) is 4.68. The summed E-state index contributed by atoms with van der Waals surface area (Å²) in [6.45, 7) is 2.93. The van der Waals surface area contributed by atoms with Crippen LogP contribution in [0.25, 0.3) is 0 Å². The summed E-state index contributed by atoms with van der Waals surface area (Å²) in [4.78, 5) is 18.8. The van der Waals surface area contributed by atoms with Gasteiger partial charge in [0.25, 0.3) is 0 Å². The van der Waals surface area contributed by atoms with Crippen molar-refractivity contribution in [2.24, 2.45) is 5.73 Å². The lowest BCUT2D eigenvalue weighted by Gasteiger charge is -2.21. The van der Waals surface area contributed by atoms with E-state index in [0.29, 0.717) is 18.7 Å². The number of anilines is 2. The first-order valence-corrected chi connectivity index (χ1v) is 7.06. The highest BCUT2D eigenvalue weighted by molar-refractivity contribution is 5.98. The zero-order valence-electron chi connectivity index (χ0n) is 11.5. The predicted octanol–water partition coefficient (Wildman–Crippen LogP) is 0.738. The Hall–Kier alpha value is -1.66. The molecule has 0 bridgehead atoms. The largest absolute Gasteiger partial charge is 0.379 e. The maximum Gasteiger partial charge on any atom is 0.246 e. The SMILES string of the molecule is NC1(C(=O)Nc2ccc(N3CCCC3)nc2)CCOC1. The van der Waals surface area contributed by atoms with Gasteiger partial charge in [-0.05, 0) is 31.4 Å². The van der Waals surface area contributed by atoms with Gasteiger partial charge >= 0.3 is 0 Å². The number of carbonyl (C=O) groups excluding carboxylic acids is 1. The second-order valence-corrected chi connectivity index (χ2v) is 5.51. The van der Waals surface area contributed by atoms with Crippen molar-refractivity contribution in [2.75, 3.05) is 36.5 Å². The van der Waals surface area contributed by atoms with E-state index in [1.807, 2.05) is 12.1 Å². The van der Waals surface area contributed by atoms with Crippen LogP contribution in [0, 0.1) is 0 Å². The highest BCUT2D eigenvalue weighted by Crippen LogP contribution is 2.21. The van der Waals surface area contributed by atoms with Gasteiger partial charge < -0.3 is 20.7 Å². The van der Waals surface area contributed by atoms with Crippen LogP contribution in [-0.2, 0) is 9.53 Å². The number of rotatable bonds is 3. The molecule has 1 aromatic heterocycles. The van der Waals surface area contributed by atoms with Gasteiger partial charge in [-0.1, -0.05) is 0 Å². The molecule has 2 saturated heterocycles. The quantitative estimate of drug-likeness (QED) is 0.851. The van der Waals surface area contributed by atoms with Crippen LogP contribution >= 0.6 is 0 Å². The fourth-order valence-electron chi connectivity index (χ4n) is 2.61. The van der Waals surface area contributed by atoms with Crippen molar-refractivity contribution in [1.82, 2.24) is 4.98 Å². The molecule has 0 aromatic carbocycles. The Morgan fingerprint density at radius 2 is 2.20 bits per heavy atom. The van der Waals surface area contributed by atoms with E-state index in [2.05, 4.69) is 15.2 Å². The van der Waals surface area contributed by atoms with Gasteiger partial charge in [0.15, 0.2) is 0 Å². The third-order valence-corrected chi connectivity index (χ3v) is 3.94. The third-order valence-electron chi connectivity index (χ3n) is 3.94. The van der Waals surface area contributed by atoms with Crippen LogP contribution in [-0.4, -0.2) is 42.7 Å². The lowest BCUT2D eigenvalue weighted by Crippen LogP contribution is -2.51. The minimum Gasteiger partial charge on any atom is -0.379 e. The van der Waals surface area contributed by atoms with Gasteiger partial charge in [0, 0.05) is 19.7 Å². The van der Waals surface area contributed by atoms with E-state index in [1.165, 1.54) is 12.8 Å². The molecular formula is C14H20N4O2. The molecule has 6 nitrogen and oxygen atoms in total. The van der Waals surface area contributed by atoms with Gasteiger partial charge in [-0.2, -0.15) is 0 Å². The number of carbonyl (C=O) groups is 1. The number of pyridine rings is 1. The molecule has 108 valence electrons. The Morgan fingerprint density at radius 1 is 1.40 bits per heavy atom. The van der Waals surface area contributed by atoms with Crippen molar-refractivity contribution in [3.63, 3.8) is 0 Å². The Kier molecular flexibility index (Phi) is 3.58. The zero-order valence-corrected chi connectivity index (χ0v) is 11.5. The first kappa shape index (κ1) is 13.3. The summed E-state index contributed by atoms with van der Waals surface area (Å²) in [5, 5.41) is 2.82. The molecule has 2 aliphatic heterocycles. The zero-order chi connectivity index (χ0) is 14.0. The lowest BCUT2D eigenvalue weighted by atomic mass is 9.99. The monoisotopic (exact) mass is 276 g/mol. The molecule has 1 atom stereocenters. The van der Waals surface area contributed by atoms with Crippen molar-refractivity contribution in [3.8, 4) is 0 Å². The maximum atomic E-state index is 12.1. The predicted molar refractivity (Wildman–Crippen MR) is 76.7 cm³/mol. The van der Waals surface area contributed by atoms with Crippen LogP contribution in [0.3, 0.4) is 0 Å². The molecular weight excluding hydrogens is 256 g/mol. The van der Waals surface area contributed by atoms with Gasteiger partial charge in [0.05, 0.1) is 18.5 Å². The second-order valence-electron chi connectivity index (χ2n) is 5.51. The van der Waals surface area contributed by atoms with Gasteiger partial charge in [0.2, 0.25) is 5.91 Å². The number of nitrogens with zero attached hydrogens (tertiary/aromatic N) is 2. The number of nitrogens with one attached hydrogen (secondary N) is 1. The Labute approximate surface area is 118 Å². The topological polar surface area (TPSA) is 80.5 Å². The van der Waals surface area contributed by atoms with Crippen molar-refractivity contribution in [2.45, 2.75) is 24.8 Å². The van der Waals surface area contributed by atoms with E-state index in [-0.39, 0.29) is 12.5 Å². The van der Waals surface area contributed by atoms with Crippen LogP contribution in [0.1, 0.15) is 19.3 Å².